The summed E-state index contributed by atoms with van der Waals surface area (Å²) >= 11 is 0. The van der Waals surface area contributed by atoms with E-state index in [-0.39, 0.29) is 17.5 Å². The predicted molar refractivity (Wildman–Crippen MR) is 183 cm³/mol. The Morgan fingerprint density at radius 2 is 1.69 bits per heavy atom. The molecule has 1 unspecified atom stereocenters. The van der Waals surface area contributed by atoms with Gasteiger partial charge in [0.15, 0.2) is 0 Å². The van der Waals surface area contributed by atoms with Crippen LogP contribution in [0.25, 0.3) is 33.4 Å². The molecule has 15 heteroatoms. The maximum atomic E-state index is 13.4. The van der Waals surface area contributed by atoms with Crippen LogP contribution in [0.4, 0.5) is 5.69 Å². The molecule has 0 aromatic heterocycles. The average Bonchev–Trinajstić information content (AvgIpc) is 3.02. The van der Waals surface area contributed by atoms with Crippen LogP contribution >= 0.6 is 0 Å². The number of rotatable bonds is 14. The number of fused-ring (bicyclic) bond motifs is 2. The van der Waals surface area contributed by atoms with Crippen LogP contribution < -0.4 is 21.3 Å². The smallest absolute Gasteiger partial charge is 0.336 e. The number of nitrogens with zero attached hydrogens (tertiary/aromatic N) is 1. The van der Waals surface area contributed by atoms with Crippen LogP contribution in [0.2, 0.25) is 0 Å². The van der Waals surface area contributed by atoms with E-state index in [9.17, 15) is 32.7 Å². The van der Waals surface area contributed by atoms with E-state index in [2.05, 4.69) is 20.9 Å². The van der Waals surface area contributed by atoms with E-state index in [1.165, 1.54) is 18.2 Å². The highest BCUT2D eigenvalue weighted by molar-refractivity contribution is 7.85. The molecule has 0 spiro atoms. The molecule has 260 valence electrons. The van der Waals surface area contributed by atoms with Crippen LogP contribution in [-0.4, -0.2) is 78.4 Å². The lowest BCUT2D eigenvalue weighted by Gasteiger charge is -2.20. The number of carboxylic acid groups (broad SMARTS) is 2. The number of hydrogen-bond donors (Lipinski definition) is 6. The minimum absolute atomic E-state index is 0.118. The molecule has 6 N–H and O–H groups in total. The quantitative estimate of drug-likeness (QED) is 0.0821. The summed E-state index contributed by atoms with van der Waals surface area (Å²) in [5, 5.41) is 28.9. The second-order valence-corrected chi connectivity index (χ2v) is 13.0. The first-order valence-corrected chi connectivity index (χ1v) is 17.1. The van der Waals surface area contributed by atoms with Gasteiger partial charge in [-0.1, -0.05) is 6.07 Å². The largest absolute Gasteiger partial charge is 0.481 e. The normalized spacial score (nSPS) is 12.6. The van der Waals surface area contributed by atoms with Gasteiger partial charge in [0, 0.05) is 66.0 Å². The first kappa shape index (κ1) is 36.6. The fraction of sp³-hybridized carbons (Fsp3) is 0.324. The van der Waals surface area contributed by atoms with E-state index < -0.39 is 58.6 Å². The zero-order chi connectivity index (χ0) is 36.0. The summed E-state index contributed by atoms with van der Waals surface area (Å²) in [4.78, 5) is 54.7. The lowest BCUT2D eigenvalue weighted by atomic mass is 9.88. The molecule has 14 nitrogen and oxygen atoms in total. The number of aromatic carboxylic acids is 1. The third-order valence-corrected chi connectivity index (χ3v) is 8.51. The highest BCUT2D eigenvalue weighted by Gasteiger charge is 2.26. The molecule has 1 aliphatic heterocycles. The lowest BCUT2D eigenvalue weighted by molar-refractivity contribution is -0.137. The Morgan fingerprint density at radius 3 is 2.33 bits per heavy atom. The van der Waals surface area contributed by atoms with Crippen molar-refractivity contribution in [2.45, 2.75) is 46.6 Å². The third-order valence-electron chi connectivity index (χ3n) is 7.79. The summed E-state index contributed by atoms with van der Waals surface area (Å²) in [5.74, 6) is -4.62. The number of amides is 2. The number of aryl methyl sites for hydroxylation is 2. The number of carboxylic acids is 2. The number of benzene rings is 3. The molecule has 2 aromatic carbocycles. The molecular formula is C34H38N4O10S. The van der Waals surface area contributed by atoms with E-state index in [4.69, 9.17) is 14.1 Å². The maximum absolute atomic E-state index is 13.4. The van der Waals surface area contributed by atoms with Crippen molar-refractivity contribution in [2.24, 2.45) is 4.99 Å². The number of carbonyl (C=O) groups is 4. The maximum Gasteiger partial charge on any atom is 0.336 e. The van der Waals surface area contributed by atoms with Gasteiger partial charge in [-0.25, -0.2) is 4.79 Å². The van der Waals surface area contributed by atoms with Crippen LogP contribution in [0.3, 0.4) is 0 Å². The van der Waals surface area contributed by atoms with Crippen molar-refractivity contribution in [1.82, 2.24) is 10.6 Å². The topological polar surface area (TPSA) is 225 Å². The van der Waals surface area contributed by atoms with Crippen LogP contribution in [0.5, 0.6) is 0 Å². The van der Waals surface area contributed by atoms with Crippen LogP contribution in [0.1, 0.15) is 58.5 Å². The van der Waals surface area contributed by atoms with Gasteiger partial charge in [-0.15, -0.1) is 0 Å². The van der Waals surface area contributed by atoms with Crippen LogP contribution in [0, 0.1) is 13.8 Å². The van der Waals surface area contributed by atoms with E-state index >= 15 is 0 Å². The van der Waals surface area contributed by atoms with Crippen LogP contribution in [0.15, 0.2) is 51.9 Å². The number of carbonyl (C=O) groups excluding carboxylic acids is 2. The Labute approximate surface area is 282 Å². The van der Waals surface area contributed by atoms with Gasteiger partial charge in [0.25, 0.3) is 16.0 Å². The molecule has 1 aliphatic carbocycles. The predicted octanol–water partition coefficient (Wildman–Crippen LogP) is 3.84. The molecule has 2 amide bonds. The van der Waals surface area contributed by atoms with Gasteiger partial charge < -0.3 is 30.6 Å². The van der Waals surface area contributed by atoms with Gasteiger partial charge in [0.1, 0.15) is 17.4 Å². The molecule has 0 saturated carbocycles. The standard InChI is InChI=1S/C34H38N4O10S/c1-5-35-26-16-28-23(13-18(26)3)31(24-14-19(4)27(36-6-2)17-29(24)48-28)21-8-7-20(15-22(21)34(43)44)32(41)38-25(9-10-30(39)40)33(42)37-11-12-49(45,46)47/h7-8,13-17,25,35H,5-6,9-12H2,1-4H3,(H,37,42)(H,38,41)(H,39,40)(H,43,44)(H,45,46,47). The van der Waals surface area contributed by atoms with E-state index in [0.717, 1.165) is 22.2 Å². The second-order valence-electron chi connectivity index (χ2n) is 11.4. The Hall–Kier alpha value is -5.28. The Bertz CT molecular complexity index is 2090. The fourth-order valence-electron chi connectivity index (χ4n) is 5.49. The summed E-state index contributed by atoms with van der Waals surface area (Å²) in [7, 11) is -4.39. The summed E-state index contributed by atoms with van der Waals surface area (Å²) in [6, 6.07) is 10.1. The van der Waals surface area contributed by atoms with Crippen molar-refractivity contribution >= 4 is 50.5 Å². The van der Waals surface area contributed by atoms with E-state index in [0.29, 0.717) is 46.5 Å². The monoisotopic (exact) mass is 694 g/mol. The van der Waals surface area contributed by atoms with E-state index in [1.807, 2.05) is 52.0 Å². The van der Waals surface area contributed by atoms with Crippen molar-refractivity contribution in [1.29, 1.82) is 0 Å². The molecule has 0 fully saturated rings. The molecule has 4 rings (SSSR count). The highest BCUT2D eigenvalue weighted by Crippen LogP contribution is 2.43. The van der Waals surface area contributed by atoms with Gasteiger partial charge in [0.05, 0.1) is 16.7 Å². The molecule has 0 bridgehead atoms. The van der Waals surface area contributed by atoms with Crippen LogP contribution in [-0.2, 0) is 19.7 Å². The zero-order valence-electron chi connectivity index (χ0n) is 27.4. The van der Waals surface area contributed by atoms with Crippen molar-refractivity contribution in [2.75, 3.05) is 30.7 Å². The first-order valence-electron chi connectivity index (χ1n) is 15.5. The molecule has 1 atom stereocenters. The highest BCUT2D eigenvalue weighted by atomic mass is 32.2. The Kier molecular flexibility index (Phi) is 11.4. The van der Waals surface area contributed by atoms with Gasteiger partial charge in [-0.3, -0.25) is 23.9 Å². The summed E-state index contributed by atoms with van der Waals surface area (Å²) in [6.07, 6.45) is -0.842. The minimum atomic E-state index is -4.39. The fourth-order valence-corrected chi connectivity index (χ4v) is 5.85. The first-order chi connectivity index (χ1) is 23.1. The molecule has 2 aromatic rings. The lowest BCUT2D eigenvalue weighted by Crippen LogP contribution is -2.47. The Balaban J connectivity index is 1.84. The number of nitrogens with one attached hydrogen (secondary N) is 3. The average molecular weight is 695 g/mol. The number of hydrogen-bond acceptors (Lipinski definition) is 9. The number of anilines is 1. The minimum Gasteiger partial charge on any atom is -0.481 e. The van der Waals surface area contributed by atoms with Crippen molar-refractivity contribution in [3.63, 3.8) is 0 Å². The van der Waals surface area contributed by atoms with Gasteiger partial charge in [-0.05, 0) is 75.1 Å². The summed E-state index contributed by atoms with van der Waals surface area (Å²) in [5.41, 5.74) is 4.25. The SMILES string of the molecule is CCN=c1cc2oc3cc(NCC)c(C)cc3c(-c3ccc(C(=O)NC(CCC(=O)O)C(=O)NCCS(=O)(=O)O)cc3C(=O)O)c-2cc1C. The molecule has 1 heterocycles. The van der Waals surface area contributed by atoms with E-state index in [1.54, 1.807) is 0 Å². The van der Waals surface area contributed by atoms with Crippen molar-refractivity contribution in [3.8, 4) is 22.5 Å². The third kappa shape index (κ3) is 8.80. The molecule has 0 radical (unpaired) electrons. The summed E-state index contributed by atoms with van der Waals surface area (Å²) in [6.45, 7) is 8.43. The number of aliphatic carboxylic acids is 1. The van der Waals surface area contributed by atoms with Gasteiger partial charge >= 0.3 is 11.9 Å². The summed E-state index contributed by atoms with van der Waals surface area (Å²) < 4.78 is 37.4. The zero-order valence-corrected chi connectivity index (χ0v) is 28.2. The molecular weight excluding hydrogens is 656 g/mol. The molecule has 2 aliphatic rings. The second kappa shape index (κ2) is 15.3. The molecule has 0 saturated heterocycles. The van der Waals surface area contributed by atoms with Crippen molar-refractivity contribution in [3.05, 3.63) is 70.1 Å². The van der Waals surface area contributed by atoms with Crippen molar-refractivity contribution < 1.29 is 46.8 Å². The van der Waals surface area contributed by atoms with Gasteiger partial charge in [0.2, 0.25) is 5.91 Å². The Morgan fingerprint density at radius 1 is 0.959 bits per heavy atom. The molecule has 49 heavy (non-hydrogen) atoms. The van der Waals surface area contributed by atoms with Gasteiger partial charge in [-0.2, -0.15) is 8.42 Å².